The number of nitrogens with zero attached hydrogens (tertiary/aromatic N) is 1. The van der Waals surface area contributed by atoms with Gasteiger partial charge in [-0.05, 0) is 30.2 Å². The molecule has 0 aromatic carbocycles. The van der Waals surface area contributed by atoms with Crippen LogP contribution in [0, 0.1) is 5.92 Å². The number of likely N-dealkylation sites (tertiary alicyclic amines) is 1. The fourth-order valence-corrected chi connectivity index (χ4v) is 2.71. The average molecular weight is 268 g/mol. The van der Waals surface area contributed by atoms with Gasteiger partial charge in [-0.1, -0.05) is 0 Å². The van der Waals surface area contributed by atoms with Crippen molar-refractivity contribution >= 4 is 29.0 Å². The highest BCUT2D eigenvalue weighted by Crippen LogP contribution is 2.22. The molecule has 0 radical (unpaired) electrons. The molecule has 6 heteroatoms. The Labute approximate surface area is 109 Å². The van der Waals surface area contributed by atoms with Crippen molar-refractivity contribution < 1.29 is 14.7 Å². The Hall–Kier alpha value is -1.56. The van der Waals surface area contributed by atoms with Crippen molar-refractivity contribution in [3.63, 3.8) is 0 Å². The van der Waals surface area contributed by atoms with E-state index in [-0.39, 0.29) is 12.5 Å². The Morgan fingerprint density at radius 1 is 1.56 bits per heavy atom. The molecular weight excluding hydrogens is 252 g/mol. The molecule has 18 heavy (non-hydrogen) atoms. The summed E-state index contributed by atoms with van der Waals surface area (Å²) in [5.41, 5.74) is 0.819. The highest BCUT2D eigenvalue weighted by atomic mass is 32.1. The second-order valence-electron chi connectivity index (χ2n) is 4.48. The molecule has 1 aliphatic heterocycles. The third-order valence-corrected chi connectivity index (χ3v) is 3.80. The first kappa shape index (κ1) is 12.9. The van der Waals surface area contributed by atoms with Crippen LogP contribution in [0.3, 0.4) is 0 Å². The van der Waals surface area contributed by atoms with E-state index in [4.69, 9.17) is 5.11 Å². The molecule has 1 saturated heterocycles. The highest BCUT2D eigenvalue weighted by molar-refractivity contribution is 7.08. The number of hydrogen-bond acceptors (Lipinski definition) is 3. The molecule has 1 unspecified atom stereocenters. The van der Waals surface area contributed by atoms with E-state index in [0.29, 0.717) is 25.4 Å². The summed E-state index contributed by atoms with van der Waals surface area (Å²) in [6.07, 6.45) is 1.73. The van der Waals surface area contributed by atoms with Crippen LogP contribution < -0.4 is 5.32 Å². The second-order valence-corrected chi connectivity index (χ2v) is 5.26. The molecule has 2 heterocycles. The van der Waals surface area contributed by atoms with Gasteiger partial charge in [-0.25, -0.2) is 4.79 Å². The van der Waals surface area contributed by atoms with E-state index < -0.39 is 5.97 Å². The van der Waals surface area contributed by atoms with Gasteiger partial charge in [0.2, 0.25) is 0 Å². The fraction of sp³-hybridized carbons (Fsp3) is 0.500. The summed E-state index contributed by atoms with van der Waals surface area (Å²) >= 11 is 1.54. The average Bonchev–Trinajstić information content (AvgIpc) is 2.96. The van der Waals surface area contributed by atoms with Crippen LogP contribution in [0.5, 0.6) is 0 Å². The third-order valence-electron chi connectivity index (χ3n) is 3.11. The van der Waals surface area contributed by atoms with E-state index in [2.05, 4.69) is 5.32 Å². The number of aliphatic carboxylic acids is 1. The van der Waals surface area contributed by atoms with Gasteiger partial charge in [0.25, 0.3) is 0 Å². The topological polar surface area (TPSA) is 69.6 Å². The molecular formula is C12H16N2O3S. The molecule has 0 spiro atoms. The quantitative estimate of drug-likeness (QED) is 0.881. The molecule has 0 bridgehead atoms. The van der Waals surface area contributed by atoms with Crippen molar-refractivity contribution in [1.29, 1.82) is 0 Å². The Bertz CT molecular complexity index is 419. The van der Waals surface area contributed by atoms with Crippen LogP contribution in [0.2, 0.25) is 0 Å². The minimum absolute atomic E-state index is 0.0915. The van der Waals surface area contributed by atoms with Gasteiger partial charge >= 0.3 is 12.0 Å². The maximum atomic E-state index is 11.9. The number of carbonyl (C=O) groups is 2. The monoisotopic (exact) mass is 268 g/mol. The molecule has 2 rings (SSSR count). The molecule has 0 saturated carbocycles. The number of urea groups is 1. The predicted octanol–water partition coefficient (Wildman–Crippen LogP) is 2.47. The number of amides is 2. The zero-order valence-corrected chi connectivity index (χ0v) is 10.8. The molecule has 2 N–H and O–H groups in total. The number of carbonyl (C=O) groups excluding carboxylic acids is 1. The maximum Gasteiger partial charge on any atom is 0.321 e. The van der Waals surface area contributed by atoms with Crippen molar-refractivity contribution in [2.75, 3.05) is 18.4 Å². The molecule has 0 aliphatic carbocycles. The lowest BCUT2D eigenvalue weighted by atomic mass is 10.0. The van der Waals surface area contributed by atoms with Gasteiger partial charge in [-0.15, -0.1) is 0 Å². The minimum atomic E-state index is -0.767. The van der Waals surface area contributed by atoms with Gasteiger partial charge in [0.05, 0.1) is 5.69 Å². The van der Waals surface area contributed by atoms with E-state index in [1.165, 1.54) is 11.3 Å². The first-order chi connectivity index (χ1) is 8.65. The molecule has 1 fully saturated rings. The summed E-state index contributed by atoms with van der Waals surface area (Å²) in [4.78, 5) is 24.1. The van der Waals surface area contributed by atoms with E-state index in [1.807, 2.05) is 16.8 Å². The Morgan fingerprint density at radius 3 is 3.06 bits per heavy atom. The van der Waals surface area contributed by atoms with Crippen molar-refractivity contribution in [2.45, 2.75) is 19.3 Å². The van der Waals surface area contributed by atoms with Crippen molar-refractivity contribution in [3.05, 3.63) is 16.8 Å². The lowest BCUT2D eigenvalue weighted by Crippen LogP contribution is -2.32. The van der Waals surface area contributed by atoms with Crippen LogP contribution in [-0.2, 0) is 4.79 Å². The van der Waals surface area contributed by atoms with Gasteiger partial charge < -0.3 is 15.3 Å². The van der Waals surface area contributed by atoms with E-state index >= 15 is 0 Å². The van der Waals surface area contributed by atoms with Crippen molar-refractivity contribution in [2.24, 2.45) is 5.92 Å². The Kier molecular flexibility index (Phi) is 4.19. The van der Waals surface area contributed by atoms with Crippen molar-refractivity contribution in [1.82, 2.24) is 4.90 Å². The summed E-state index contributed by atoms with van der Waals surface area (Å²) in [5.74, 6) is -0.453. The molecule has 1 aromatic rings. The lowest BCUT2D eigenvalue weighted by molar-refractivity contribution is -0.137. The molecule has 5 nitrogen and oxygen atoms in total. The third kappa shape index (κ3) is 3.46. The number of anilines is 1. The fourth-order valence-electron chi connectivity index (χ4n) is 2.12. The molecule has 98 valence electrons. The van der Waals surface area contributed by atoms with Crippen LogP contribution in [0.1, 0.15) is 19.3 Å². The molecule has 1 atom stereocenters. The lowest BCUT2D eigenvalue weighted by Gasteiger charge is -2.16. The number of nitrogens with one attached hydrogen (secondary N) is 1. The first-order valence-electron chi connectivity index (χ1n) is 5.95. The number of rotatable bonds is 4. The minimum Gasteiger partial charge on any atom is -0.481 e. The normalized spacial score (nSPS) is 18.9. The smallest absolute Gasteiger partial charge is 0.321 e. The van der Waals surface area contributed by atoms with E-state index in [0.717, 1.165) is 12.1 Å². The highest BCUT2D eigenvalue weighted by Gasteiger charge is 2.26. The zero-order chi connectivity index (χ0) is 13.0. The van der Waals surface area contributed by atoms with Gasteiger partial charge in [0.1, 0.15) is 0 Å². The number of hydrogen-bond donors (Lipinski definition) is 2. The number of thiophene rings is 1. The van der Waals surface area contributed by atoms with E-state index in [1.54, 1.807) is 4.90 Å². The second kappa shape index (κ2) is 5.86. The summed E-state index contributed by atoms with van der Waals surface area (Å²) in [6, 6.07) is 1.77. The summed E-state index contributed by atoms with van der Waals surface area (Å²) in [5, 5.41) is 15.3. The van der Waals surface area contributed by atoms with Crippen LogP contribution in [0.15, 0.2) is 16.8 Å². The maximum absolute atomic E-state index is 11.9. The summed E-state index contributed by atoms with van der Waals surface area (Å²) in [6.45, 7) is 1.36. The van der Waals surface area contributed by atoms with Gasteiger partial charge in [0.15, 0.2) is 0 Å². The summed E-state index contributed by atoms with van der Waals surface area (Å²) < 4.78 is 0. The number of carboxylic acid groups (broad SMARTS) is 1. The Morgan fingerprint density at radius 2 is 2.39 bits per heavy atom. The number of carboxylic acids is 1. The molecule has 1 aromatic heterocycles. The largest absolute Gasteiger partial charge is 0.481 e. The van der Waals surface area contributed by atoms with Crippen LogP contribution >= 0.6 is 11.3 Å². The van der Waals surface area contributed by atoms with E-state index in [9.17, 15) is 9.59 Å². The SMILES string of the molecule is O=C(O)CCC1CCN(C(=O)Nc2ccsc2)C1. The van der Waals surface area contributed by atoms with Crippen LogP contribution in [0.25, 0.3) is 0 Å². The first-order valence-corrected chi connectivity index (χ1v) is 6.89. The summed E-state index contributed by atoms with van der Waals surface area (Å²) in [7, 11) is 0. The predicted molar refractivity (Wildman–Crippen MR) is 69.9 cm³/mol. The van der Waals surface area contributed by atoms with Gasteiger partial charge in [-0.3, -0.25) is 4.79 Å². The van der Waals surface area contributed by atoms with Crippen LogP contribution in [-0.4, -0.2) is 35.1 Å². The van der Waals surface area contributed by atoms with Gasteiger partial charge in [-0.2, -0.15) is 11.3 Å². The van der Waals surface area contributed by atoms with Crippen LogP contribution in [0.4, 0.5) is 10.5 Å². The standard InChI is InChI=1S/C12H16N2O3S/c15-11(16)2-1-9-3-5-14(7-9)12(17)13-10-4-6-18-8-10/h4,6,8-9H,1-3,5,7H2,(H,13,17)(H,15,16). The molecule has 1 aliphatic rings. The molecule has 2 amide bonds. The van der Waals surface area contributed by atoms with Crippen molar-refractivity contribution in [3.8, 4) is 0 Å². The zero-order valence-electron chi connectivity index (χ0n) is 9.96. The van der Waals surface area contributed by atoms with Gasteiger partial charge in [0, 0.05) is 24.9 Å². The Balaban J connectivity index is 1.77.